The van der Waals surface area contributed by atoms with E-state index < -0.39 is 0 Å². The quantitative estimate of drug-likeness (QED) is 0.786. The average Bonchev–Trinajstić information content (AvgIpc) is 2.70. The van der Waals surface area contributed by atoms with Crippen LogP contribution in [0.4, 0.5) is 5.88 Å². The van der Waals surface area contributed by atoms with E-state index in [1.54, 1.807) is 12.3 Å². The molecule has 0 bridgehead atoms. The molecule has 0 unspecified atom stereocenters. The predicted octanol–water partition coefficient (Wildman–Crippen LogP) is 1.70. The van der Waals surface area contributed by atoms with Crippen LogP contribution in [0.2, 0.25) is 0 Å². The van der Waals surface area contributed by atoms with Gasteiger partial charge in [-0.1, -0.05) is 5.16 Å². The highest BCUT2D eigenvalue weighted by atomic mass is 16.5. The summed E-state index contributed by atoms with van der Waals surface area (Å²) < 4.78 is 6.64. The third-order valence-corrected chi connectivity index (χ3v) is 1.95. The molecule has 2 heterocycles. The van der Waals surface area contributed by atoms with E-state index in [2.05, 4.69) is 24.1 Å². The van der Waals surface area contributed by atoms with Crippen molar-refractivity contribution in [1.82, 2.24) is 14.9 Å². The summed E-state index contributed by atoms with van der Waals surface area (Å²) in [4.78, 5) is 0. The highest BCUT2D eigenvalue weighted by Gasteiger charge is 2.07. The smallest absolute Gasteiger partial charge is 0.222 e. The summed E-state index contributed by atoms with van der Waals surface area (Å²) in [6.45, 7) is 4.13. The fourth-order valence-electron chi connectivity index (χ4n) is 1.18. The second-order valence-electron chi connectivity index (χ2n) is 3.42. The van der Waals surface area contributed by atoms with E-state index in [9.17, 15) is 0 Å². The molecule has 0 aliphatic rings. The van der Waals surface area contributed by atoms with Crippen molar-refractivity contribution in [2.45, 2.75) is 19.9 Å². The van der Waals surface area contributed by atoms with Gasteiger partial charge in [0.15, 0.2) is 0 Å². The van der Waals surface area contributed by atoms with Crippen LogP contribution in [0.25, 0.3) is 11.3 Å². The number of hydrogen-bond donors (Lipinski definition) is 1. The molecule has 0 aliphatic carbocycles. The van der Waals surface area contributed by atoms with Gasteiger partial charge in [0.2, 0.25) is 5.88 Å². The number of nitrogens with two attached hydrogens (primary N) is 1. The van der Waals surface area contributed by atoms with Crippen molar-refractivity contribution < 1.29 is 4.52 Å². The molecule has 0 saturated carbocycles. The molecule has 2 rings (SSSR count). The summed E-state index contributed by atoms with van der Waals surface area (Å²) in [7, 11) is 0. The summed E-state index contributed by atoms with van der Waals surface area (Å²) in [6, 6.07) is 2.02. The third-order valence-electron chi connectivity index (χ3n) is 1.95. The first-order chi connectivity index (χ1) is 6.66. The molecule has 74 valence electrons. The maximum atomic E-state index is 5.43. The molecular formula is C9H12N4O. The van der Waals surface area contributed by atoms with Crippen LogP contribution in [0.15, 0.2) is 23.0 Å². The van der Waals surface area contributed by atoms with E-state index in [4.69, 9.17) is 10.3 Å². The second kappa shape index (κ2) is 3.17. The molecule has 0 aliphatic heterocycles. The fraction of sp³-hybridized carbons (Fsp3) is 0.333. The zero-order chi connectivity index (χ0) is 10.1. The van der Waals surface area contributed by atoms with Crippen molar-refractivity contribution in [2.24, 2.45) is 0 Å². The van der Waals surface area contributed by atoms with Crippen LogP contribution in [0.1, 0.15) is 19.9 Å². The first kappa shape index (κ1) is 8.80. The summed E-state index contributed by atoms with van der Waals surface area (Å²) in [5.74, 6) is 0.317. The van der Waals surface area contributed by atoms with Gasteiger partial charge in [-0.25, -0.2) is 0 Å². The Morgan fingerprint density at radius 3 is 2.79 bits per heavy atom. The number of anilines is 1. The minimum Gasteiger partial charge on any atom is -0.368 e. The van der Waals surface area contributed by atoms with Crippen LogP contribution in [-0.2, 0) is 0 Å². The molecule has 14 heavy (non-hydrogen) atoms. The molecule has 2 aromatic heterocycles. The molecule has 0 amide bonds. The highest BCUT2D eigenvalue weighted by molar-refractivity contribution is 5.59. The third kappa shape index (κ3) is 1.48. The van der Waals surface area contributed by atoms with Gasteiger partial charge in [0, 0.05) is 23.9 Å². The Bertz CT molecular complexity index is 429. The molecule has 2 N–H and O–H groups in total. The molecule has 0 spiro atoms. The van der Waals surface area contributed by atoms with E-state index in [0.717, 1.165) is 11.3 Å². The summed E-state index contributed by atoms with van der Waals surface area (Å²) >= 11 is 0. The van der Waals surface area contributed by atoms with Crippen molar-refractivity contribution >= 4 is 5.88 Å². The Morgan fingerprint density at radius 1 is 1.50 bits per heavy atom. The van der Waals surface area contributed by atoms with Crippen LogP contribution < -0.4 is 5.73 Å². The van der Waals surface area contributed by atoms with Crippen LogP contribution in [0, 0.1) is 0 Å². The van der Waals surface area contributed by atoms with Crippen molar-refractivity contribution in [1.29, 1.82) is 0 Å². The largest absolute Gasteiger partial charge is 0.368 e. The van der Waals surface area contributed by atoms with Crippen molar-refractivity contribution in [3.8, 4) is 11.3 Å². The van der Waals surface area contributed by atoms with E-state index >= 15 is 0 Å². The van der Waals surface area contributed by atoms with Gasteiger partial charge in [-0.3, -0.25) is 4.68 Å². The monoisotopic (exact) mass is 192 g/mol. The molecule has 0 aromatic carbocycles. The van der Waals surface area contributed by atoms with E-state index in [1.165, 1.54) is 0 Å². The van der Waals surface area contributed by atoms with Crippen LogP contribution in [0.5, 0.6) is 0 Å². The Labute approximate surface area is 81.5 Å². The van der Waals surface area contributed by atoms with Gasteiger partial charge in [0.05, 0.1) is 6.20 Å². The lowest BCUT2D eigenvalue weighted by atomic mass is 10.2. The van der Waals surface area contributed by atoms with Gasteiger partial charge in [0.1, 0.15) is 5.69 Å². The lowest BCUT2D eigenvalue weighted by molar-refractivity contribution is 0.439. The molecule has 0 saturated heterocycles. The number of nitrogen functional groups attached to an aromatic ring is 1. The Hall–Kier alpha value is -1.78. The normalized spacial score (nSPS) is 11.1. The minimum absolute atomic E-state index is 0.317. The number of rotatable bonds is 2. The Balaban J connectivity index is 2.33. The highest BCUT2D eigenvalue weighted by Crippen LogP contribution is 2.20. The lowest BCUT2D eigenvalue weighted by Gasteiger charge is -2.02. The molecule has 0 atom stereocenters. The lowest BCUT2D eigenvalue weighted by Crippen LogP contribution is -1.99. The van der Waals surface area contributed by atoms with Crippen LogP contribution in [-0.4, -0.2) is 14.9 Å². The SMILES string of the molecule is CC(C)n1cc(-c2cc(N)on2)cn1. The van der Waals surface area contributed by atoms with Gasteiger partial charge < -0.3 is 10.3 Å². The number of hydrogen-bond acceptors (Lipinski definition) is 4. The first-order valence-electron chi connectivity index (χ1n) is 4.43. The van der Waals surface area contributed by atoms with Gasteiger partial charge in [-0.05, 0) is 13.8 Å². The fourth-order valence-corrected chi connectivity index (χ4v) is 1.18. The van der Waals surface area contributed by atoms with E-state index in [-0.39, 0.29) is 0 Å². The van der Waals surface area contributed by atoms with Crippen molar-refractivity contribution in [3.05, 3.63) is 18.5 Å². The zero-order valence-corrected chi connectivity index (χ0v) is 8.14. The number of nitrogens with zero attached hydrogens (tertiary/aromatic N) is 3. The van der Waals surface area contributed by atoms with Crippen LogP contribution in [0.3, 0.4) is 0 Å². The molecule has 0 fully saturated rings. The zero-order valence-electron chi connectivity index (χ0n) is 8.14. The molecule has 5 heteroatoms. The van der Waals surface area contributed by atoms with Gasteiger partial charge in [0.25, 0.3) is 0 Å². The summed E-state index contributed by atoms with van der Waals surface area (Å²) in [5.41, 5.74) is 7.06. The van der Waals surface area contributed by atoms with Crippen molar-refractivity contribution in [2.75, 3.05) is 5.73 Å². The van der Waals surface area contributed by atoms with Crippen LogP contribution >= 0.6 is 0 Å². The molecule has 5 nitrogen and oxygen atoms in total. The predicted molar refractivity (Wildman–Crippen MR) is 52.5 cm³/mol. The van der Waals surface area contributed by atoms with Gasteiger partial charge >= 0.3 is 0 Å². The molecule has 2 aromatic rings. The maximum absolute atomic E-state index is 5.43. The standard InChI is InChI=1S/C9H12N4O/c1-6(2)13-5-7(4-11-13)8-3-9(10)14-12-8/h3-6H,10H2,1-2H3. The summed E-state index contributed by atoms with van der Waals surface area (Å²) in [5, 5.41) is 8.00. The molecule has 0 radical (unpaired) electrons. The minimum atomic E-state index is 0.317. The van der Waals surface area contributed by atoms with Gasteiger partial charge in [-0.15, -0.1) is 0 Å². The van der Waals surface area contributed by atoms with E-state index in [0.29, 0.717) is 11.9 Å². The molecular weight excluding hydrogens is 180 g/mol. The Morgan fingerprint density at radius 2 is 2.29 bits per heavy atom. The average molecular weight is 192 g/mol. The number of aromatic nitrogens is 3. The van der Waals surface area contributed by atoms with Crippen molar-refractivity contribution in [3.63, 3.8) is 0 Å². The first-order valence-corrected chi connectivity index (χ1v) is 4.43. The maximum Gasteiger partial charge on any atom is 0.222 e. The second-order valence-corrected chi connectivity index (χ2v) is 3.42. The van der Waals surface area contributed by atoms with E-state index in [1.807, 2.05) is 10.9 Å². The summed E-state index contributed by atoms with van der Waals surface area (Å²) in [6.07, 6.45) is 3.67. The topological polar surface area (TPSA) is 69.9 Å². The Kier molecular flexibility index (Phi) is 1.99. The van der Waals surface area contributed by atoms with Gasteiger partial charge in [-0.2, -0.15) is 5.10 Å².